The third-order valence-electron chi connectivity index (χ3n) is 15.9. The van der Waals surface area contributed by atoms with Gasteiger partial charge in [0.05, 0.1) is 25.4 Å². The van der Waals surface area contributed by atoms with Crippen molar-refractivity contribution < 1.29 is 24.5 Å². The van der Waals surface area contributed by atoms with Crippen LogP contribution in [0.2, 0.25) is 0 Å². The highest BCUT2D eigenvalue weighted by atomic mass is 16.5. The first-order valence-electron chi connectivity index (χ1n) is 34.2. The van der Waals surface area contributed by atoms with Crippen molar-refractivity contribution in [3.05, 3.63) is 36.5 Å². The van der Waals surface area contributed by atoms with Crippen molar-refractivity contribution in [1.29, 1.82) is 0 Å². The molecule has 0 saturated heterocycles. The van der Waals surface area contributed by atoms with E-state index in [4.69, 9.17) is 4.74 Å². The van der Waals surface area contributed by atoms with E-state index in [0.717, 1.165) is 51.4 Å². The quantitative estimate of drug-likeness (QED) is 0.0320. The highest BCUT2D eigenvalue weighted by Crippen LogP contribution is 2.18. The lowest BCUT2D eigenvalue weighted by atomic mass is 10.0. The van der Waals surface area contributed by atoms with E-state index in [-0.39, 0.29) is 18.5 Å². The molecule has 76 heavy (non-hydrogen) atoms. The Morgan fingerprint density at radius 1 is 0.368 bits per heavy atom. The van der Waals surface area contributed by atoms with E-state index in [0.29, 0.717) is 25.9 Å². The Bertz CT molecular complexity index is 1230. The van der Waals surface area contributed by atoms with Crippen molar-refractivity contribution in [2.24, 2.45) is 0 Å². The zero-order valence-electron chi connectivity index (χ0n) is 51.3. The lowest BCUT2D eigenvalue weighted by Gasteiger charge is -2.22. The zero-order chi connectivity index (χ0) is 55.0. The Morgan fingerprint density at radius 2 is 0.658 bits per heavy atom. The summed E-state index contributed by atoms with van der Waals surface area (Å²) in [4.78, 5) is 24.5. The Balaban J connectivity index is 3.37. The minimum atomic E-state index is -0.662. The minimum absolute atomic E-state index is 0.00504. The lowest BCUT2D eigenvalue weighted by Crippen LogP contribution is -2.45. The molecule has 6 heteroatoms. The Labute approximate surface area is 474 Å². The number of carbonyl (C=O) groups excluding carboxylic acids is 2. The standard InChI is InChI=1S/C70H133NO5/c1-3-5-7-9-11-13-15-38-42-46-50-54-58-62-68(73)67(66-72)71-69(74)63-59-55-51-47-43-40-36-34-32-30-28-26-24-22-20-18-17-19-21-23-25-27-29-31-33-35-37-41-45-49-53-57-61-65-76-70(75)64-60-56-52-48-44-39-16-14-12-10-8-6-4-2/h14,16,21,23,27,29,67-68,72-73H,3-13,15,17-20,22,24-26,28,30-66H2,1-2H3,(H,71,74)/b16-14-,23-21-,29-27-. The van der Waals surface area contributed by atoms with Gasteiger partial charge in [-0.3, -0.25) is 9.59 Å². The summed E-state index contributed by atoms with van der Waals surface area (Å²) in [5.74, 6) is -0.0266. The van der Waals surface area contributed by atoms with E-state index in [9.17, 15) is 19.8 Å². The largest absolute Gasteiger partial charge is 0.466 e. The van der Waals surface area contributed by atoms with Crippen LogP contribution in [0.5, 0.6) is 0 Å². The maximum atomic E-state index is 12.5. The molecule has 0 saturated carbocycles. The summed E-state index contributed by atoms with van der Waals surface area (Å²) in [7, 11) is 0. The van der Waals surface area contributed by atoms with E-state index in [2.05, 4.69) is 55.6 Å². The number of hydrogen-bond acceptors (Lipinski definition) is 5. The molecule has 3 N–H and O–H groups in total. The number of unbranched alkanes of at least 4 members (excludes halogenated alkanes) is 47. The van der Waals surface area contributed by atoms with Crippen molar-refractivity contribution in [1.82, 2.24) is 5.32 Å². The van der Waals surface area contributed by atoms with Crippen LogP contribution in [0, 0.1) is 0 Å². The third kappa shape index (κ3) is 61.3. The van der Waals surface area contributed by atoms with Crippen molar-refractivity contribution in [3.63, 3.8) is 0 Å². The summed E-state index contributed by atoms with van der Waals surface area (Å²) in [5, 5.41) is 23.3. The fourth-order valence-corrected chi connectivity index (χ4v) is 10.7. The van der Waals surface area contributed by atoms with Gasteiger partial charge >= 0.3 is 5.97 Å². The number of esters is 1. The van der Waals surface area contributed by atoms with Crippen LogP contribution in [-0.2, 0) is 14.3 Å². The summed E-state index contributed by atoms with van der Waals surface area (Å²) in [6, 6.07) is -0.539. The average molecular weight is 1070 g/mol. The second-order valence-electron chi connectivity index (χ2n) is 23.5. The van der Waals surface area contributed by atoms with Crippen LogP contribution in [0.15, 0.2) is 36.5 Å². The topological polar surface area (TPSA) is 95.9 Å². The molecule has 0 aromatic rings. The van der Waals surface area contributed by atoms with E-state index >= 15 is 0 Å². The molecule has 0 aromatic carbocycles. The molecule has 2 atom stereocenters. The third-order valence-corrected chi connectivity index (χ3v) is 15.9. The normalized spacial score (nSPS) is 12.7. The van der Waals surface area contributed by atoms with Crippen LogP contribution in [0.25, 0.3) is 0 Å². The van der Waals surface area contributed by atoms with Crippen LogP contribution >= 0.6 is 0 Å². The van der Waals surface area contributed by atoms with Gasteiger partial charge in [-0.05, 0) is 83.5 Å². The van der Waals surface area contributed by atoms with Gasteiger partial charge in [0.1, 0.15) is 0 Å². The van der Waals surface area contributed by atoms with Crippen LogP contribution in [0.3, 0.4) is 0 Å². The van der Waals surface area contributed by atoms with Crippen molar-refractivity contribution in [2.75, 3.05) is 13.2 Å². The summed E-state index contributed by atoms with van der Waals surface area (Å²) in [6.45, 7) is 4.95. The van der Waals surface area contributed by atoms with Gasteiger partial charge in [0.2, 0.25) is 5.91 Å². The number of aliphatic hydroxyl groups excluding tert-OH is 2. The van der Waals surface area contributed by atoms with Gasteiger partial charge < -0.3 is 20.3 Å². The predicted molar refractivity (Wildman–Crippen MR) is 333 cm³/mol. The van der Waals surface area contributed by atoms with E-state index in [1.807, 2.05) is 0 Å². The van der Waals surface area contributed by atoms with E-state index < -0.39 is 12.1 Å². The Morgan fingerprint density at radius 3 is 1.03 bits per heavy atom. The molecular formula is C70H133NO5. The number of nitrogens with one attached hydrogen (secondary N) is 1. The highest BCUT2D eigenvalue weighted by Gasteiger charge is 2.20. The van der Waals surface area contributed by atoms with Gasteiger partial charge in [0.25, 0.3) is 0 Å². The monoisotopic (exact) mass is 1070 g/mol. The molecular weight excluding hydrogens is 935 g/mol. The number of ether oxygens (including phenoxy) is 1. The van der Waals surface area contributed by atoms with E-state index in [1.54, 1.807) is 0 Å². The van der Waals surface area contributed by atoms with Gasteiger partial charge in [-0.25, -0.2) is 0 Å². The second-order valence-corrected chi connectivity index (χ2v) is 23.5. The molecule has 0 aliphatic rings. The second kappa shape index (κ2) is 65.6. The molecule has 0 radical (unpaired) electrons. The number of aliphatic hydroxyl groups is 2. The smallest absolute Gasteiger partial charge is 0.305 e. The Hall–Kier alpha value is -1.92. The minimum Gasteiger partial charge on any atom is -0.466 e. The zero-order valence-corrected chi connectivity index (χ0v) is 51.3. The van der Waals surface area contributed by atoms with Crippen LogP contribution < -0.4 is 5.32 Å². The molecule has 1 amide bonds. The van der Waals surface area contributed by atoms with E-state index in [1.165, 1.54) is 289 Å². The molecule has 0 rings (SSSR count). The molecule has 0 spiro atoms. The number of allylic oxidation sites excluding steroid dienone is 6. The molecule has 0 aliphatic heterocycles. The summed E-state index contributed by atoms with van der Waals surface area (Å²) < 4.78 is 5.47. The molecule has 0 bridgehead atoms. The maximum absolute atomic E-state index is 12.5. The number of carbonyl (C=O) groups is 2. The van der Waals surface area contributed by atoms with Crippen LogP contribution in [0.4, 0.5) is 0 Å². The molecule has 448 valence electrons. The number of hydrogen-bond donors (Lipinski definition) is 3. The summed E-state index contributed by atoms with van der Waals surface area (Å²) in [6.07, 6.45) is 83.4. The molecule has 0 fully saturated rings. The van der Waals surface area contributed by atoms with Gasteiger partial charge in [-0.1, -0.05) is 314 Å². The summed E-state index contributed by atoms with van der Waals surface area (Å²) in [5.41, 5.74) is 0. The average Bonchev–Trinajstić information content (AvgIpc) is 3.42. The molecule has 0 heterocycles. The summed E-state index contributed by atoms with van der Waals surface area (Å²) >= 11 is 0. The molecule has 6 nitrogen and oxygen atoms in total. The Kier molecular flexibility index (Phi) is 63.9. The number of rotatable bonds is 64. The first-order valence-corrected chi connectivity index (χ1v) is 34.2. The van der Waals surface area contributed by atoms with Gasteiger partial charge in [-0.2, -0.15) is 0 Å². The SMILES string of the molecule is CCCCCC/C=C\CCCCCCCC(=O)OCCCCCCCCCCC/C=C\C/C=C\CCCCCCCCCCCCCCCCCCCC(=O)NC(CO)C(O)CCCCCCCCCCCCCCC. The van der Waals surface area contributed by atoms with Crippen LogP contribution in [0.1, 0.15) is 373 Å². The van der Waals surface area contributed by atoms with Crippen LogP contribution in [-0.4, -0.2) is 47.4 Å². The number of amides is 1. The van der Waals surface area contributed by atoms with Crippen molar-refractivity contribution in [3.8, 4) is 0 Å². The first kappa shape index (κ1) is 74.1. The van der Waals surface area contributed by atoms with Crippen molar-refractivity contribution >= 4 is 11.9 Å². The van der Waals surface area contributed by atoms with Gasteiger partial charge in [0.15, 0.2) is 0 Å². The van der Waals surface area contributed by atoms with Crippen molar-refractivity contribution in [2.45, 2.75) is 386 Å². The van der Waals surface area contributed by atoms with Gasteiger partial charge in [-0.15, -0.1) is 0 Å². The lowest BCUT2D eigenvalue weighted by molar-refractivity contribution is -0.143. The fourth-order valence-electron chi connectivity index (χ4n) is 10.7. The highest BCUT2D eigenvalue weighted by molar-refractivity contribution is 5.76. The molecule has 0 aromatic heterocycles. The molecule has 2 unspecified atom stereocenters. The maximum Gasteiger partial charge on any atom is 0.305 e. The van der Waals surface area contributed by atoms with Gasteiger partial charge in [0, 0.05) is 12.8 Å². The predicted octanol–water partition coefficient (Wildman–Crippen LogP) is 21.9. The first-order chi connectivity index (χ1) is 37.5. The fraction of sp³-hybridized carbons (Fsp3) is 0.886. The molecule has 0 aliphatic carbocycles.